The van der Waals surface area contributed by atoms with Crippen LogP contribution in [-0.2, 0) is 0 Å². The van der Waals surface area contributed by atoms with Crippen molar-refractivity contribution in [2.75, 3.05) is 13.2 Å². The lowest BCUT2D eigenvalue weighted by Crippen LogP contribution is -1.99. The van der Waals surface area contributed by atoms with Crippen molar-refractivity contribution in [1.82, 2.24) is 0 Å². The van der Waals surface area contributed by atoms with Crippen molar-refractivity contribution >= 4 is 44.3 Å². The first kappa shape index (κ1) is 28.4. The summed E-state index contributed by atoms with van der Waals surface area (Å²) < 4.78 is 12.0. The molecule has 0 radical (unpaired) electrons. The molecule has 6 nitrogen and oxygen atoms in total. The molecule has 222 valence electrons. The summed E-state index contributed by atoms with van der Waals surface area (Å²) in [5.74, 6) is 1.69. The molecule has 6 aromatic rings. The lowest BCUT2D eigenvalue weighted by Gasteiger charge is -2.15. The van der Waals surface area contributed by atoms with Crippen LogP contribution in [0.15, 0.2) is 142 Å². The fourth-order valence-electron chi connectivity index (χ4n) is 5.77. The normalized spacial score (nSPS) is 14.2. The lowest BCUT2D eigenvalue weighted by molar-refractivity contribution is 0.293. The Morgan fingerprint density at radius 1 is 0.378 bits per heavy atom. The van der Waals surface area contributed by atoms with Crippen LogP contribution in [0.2, 0.25) is 0 Å². The van der Waals surface area contributed by atoms with Crippen molar-refractivity contribution in [2.24, 2.45) is 20.5 Å². The molecule has 0 spiro atoms. The van der Waals surface area contributed by atoms with E-state index in [2.05, 4.69) is 70.9 Å². The van der Waals surface area contributed by atoms with Gasteiger partial charge in [0, 0.05) is 11.1 Å². The van der Waals surface area contributed by atoms with Crippen LogP contribution in [-0.4, -0.2) is 13.2 Å². The van der Waals surface area contributed by atoms with Crippen molar-refractivity contribution < 1.29 is 9.47 Å². The van der Waals surface area contributed by atoms with Gasteiger partial charge in [0.1, 0.15) is 11.5 Å². The van der Waals surface area contributed by atoms with Gasteiger partial charge in [0.2, 0.25) is 0 Å². The van der Waals surface area contributed by atoms with Crippen molar-refractivity contribution in [3.8, 4) is 22.6 Å². The van der Waals surface area contributed by atoms with Gasteiger partial charge >= 0.3 is 0 Å². The summed E-state index contributed by atoms with van der Waals surface area (Å²) in [6, 6.07) is 40.6. The predicted molar refractivity (Wildman–Crippen MR) is 182 cm³/mol. The maximum Gasteiger partial charge on any atom is 0.119 e. The highest BCUT2D eigenvalue weighted by molar-refractivity contribution is 6.12. The Morgan fingerprint density at radius 3 is 1.27 bits per heavy atom. The van der Waals surface area contributed by atoms with E-state index in [9.17, 15) is 0 Å². The fourth-order valence-corrected chi connectivity index (χ4v) is 5.77. The van der Waals surface area contributed by atoms with E-state index in [0.29, 0.717) is 13.2 Å². The number of rotatable bonds is 0. The molecule has 0 fully saturated rings. The van der Waals surface area contributed by atoms with Gasteiger partial charge in [-0.15, -0.1) is 10.2 Å². The van der Waals surface area contributed by atoms with Crippen molar-refractivity contribution in [3.05, 3.63) is 121 Å². The van der Waals surface area contributed by atoms with E-state index < -0.39 is 0 Å². The van der Waals surface area contributed by atoms with Gasteiger partial charge in [-0.25, -0.2) is 0 Å². The Morgan fingerprint density at radius 2 is 0.800 bits per heavy atom. The summed E-state index contributed by atoms with van der Waals surface area (Å²) in [6.07, 6.45) is 5.49. The Balaban J connectivity index is 1.37. The Kier molecular flexibility index (Phi) is 8.53. The van der Waals surface area contributed by atoms with Crippen LogP contribution < -0.4 is 9.47 Å². The summed E-state index contributed by atoms with van der Waals surface area (Å²) in [4.78, 5) is 0. The molecule has 0 saturated heterocycles. The van der Waals surface area contributed by atoms with E-state index in [1.165, 1.54) is 6.42 Å². The zero-order valence-corrected chi connectivity index (χ0v) is 25.1. The van der Waals surface area contributed by atoms with Gasteiger partial charge in [-0.2, -0.15) is 10.2 Å². The summed E-state index contributed by atoms with van der Waals surface area (Å²) in [6.45, 7) is 1.40. The van der Waals surface area contributed by atoms with Gasteiger partial charge in [-0.05, 0) is 95.1 Å². The monoisotopic (exact) mass is 590 g/mol. The maximum atomic E-state index is 5.99. The Labute approximate surface area is 263 Å². The van der Waals surface area contributed by atoms with Crippen molar-refractivity contribution in [3.63, 3.8) is 0 Å². The predicted octanol–water partition coefficient (Wildman–Crippen LogP) is 12.2. The molecule has 4 heterocycles. The van der Waals surface area contributed by atoms with Crippen LogP contribution in [0.5, 0.6) is 11.5 Å². The minimum atomic E-state index is 0.702. The number of ether oxygens (including phenoxy) is 2. The van der Waals surface area contributed by atoms with E-state index in [1.807, 2.05) is 60.7 Å². The molecule has 0 saturated carbocycles. The third kappa shape index (κ3) is 6.60. The van der Waals surface area contributed by atoms with Gasteiger partial charge in [0.15, 0.2) is 0 Å². The maximum absolute atomic E-state index is 5.99. The SMILES string of the molecule is c1ccc2c3c(ccc2c1)N=Nc1ccc(cc1)OCCCCCCCOc1ccc(cc1)N=Nc1ccc2ccccc2c1-3. The van der Waals surface area contributed by atoms with Crippen LogP contribution in [0.25, 0.3) is 32.7 Å². The highest BCUT2D eigenvalue weighted by Gasteiger charge is 2.17. The zero-order chi connectivity index (χ0) is 30.3. The van der Waals surface area contributed by atoms with Crippen molar-refractivity contribution in [1.29, 1.82) is 0 Å². The zero-order valence-electron chi connectivity index (χ0n) is 25.1. The first-order valence-corrected chi connectivity index (χ1v) is 15.6. The highest BCUT2D eigenvalue weighted by atomic mass is 16.5. The fraction of sp³-hybridized carbons (Fsp3) is 0.179. The van der Waals surface area contributed by atoms with E-state index in [-0.39, 0.29) is 0 Å². The number of hydrogen-bond donors (Lipinski definition) is 0. The topological polar surface area (TPSA) is 67.9 Å². The molecule has 0 aromatic heterocycles. The number of hydrogen-bond acceptors (Lipinski definition) is 6. The third-order valence-corrected chi connectivity index (χ3v) is 8.11. The van der Waals surface area contributed by atoms with Crippen LogP contribution in [0.3, 0.4) is 0 Å². The molecule has 45 heavy (non-hydrogen) atoms. The standard InChI is InChI=1S/C39H34N4O2/c1-2-8-26-44-32-20-16-30(17-21-32)40-42-36-24-14-28-10-4-6-12-34(28)38(36)39-35-13-7-5-11-29(35)15-25-37(39)43-41-31-18-22-33(23-19-31)45-27-9-3-1/h4-7,10-25H,1-3,8-9,26-27H2. The first-order chi connectivity index (χ1) is 22.3. The number of nitrogens with zero attached hydrogens (tertiary/aromatic N) is 4. The molecule has 0 amide bonds. The Bertz CT molecular complexity index is 1840. The minimum Gasteiger partial charge on any atom is -0.494 e. The van der Waals surface area contributed by atoms with Crippen LogP contribution >= 0.6 is 0 Å². The molecule has 4 aliphatic heterocycles. The summed E-state index contributed by atoms with van der Waals surface area (Å²) in [7, 11) is 0. The van der Waals surface area contributed by atoms with E-state index in [4.69, 9.17) is 19.7 Å². The van der Waals surface area contributed by atoms with Crippen LogP contribution in [0.4, 0.5) is 22.7 Å². The minimum absolute atomic E-state index is 0.702. The molecule has 0 unspecified atom stereocenters. The summed E-state index contributed by atoms with van der Waals surface area (Å²) in [5, 5.41) is 23.3. The quantitative estimate of drug-likeness (QED) is 0.177. The molecule has 0 aliphatic carbocycles. The van der Waals surface area contributed by atoms with Gasteiger partial charge in [-0.1, -0.05) is 79.9 Å². The van der Waals surface area contributed by atoms with E-state index in [1.54, 1.807) is 0 Å². The molecule has 0 N–H and O–H groups in total. The average Bonchev–Trinajstić information content (AvgIpc) is 3.09. The molecule has 4 aliphatic rings. The smallest absolute Gasteiger partial charge is 0.119 e. The molecule has 10 rings (SSSR count). The van der Waals surface area contributed by atoms with Crippen LogP contribution in [0.1, 0.15) is 32.1 Å². The molecule has 0 atom stereocenters. The van der Waals surface area contributed by atoms with Gasteiger partial charge < -0.3 is 9.47 Å². The highest BCUT2D eigenvalue weighted by Crippen LogP contribution is 2.46. The van der Waals surface area contributed by atoms with Crippen LogP contribution in [0, 0.1) is 0 Å². The second-order valence-corrected chi connectivity index (χ2v) is 11.2. The molecule has 4 bridgehead atoms. The molecular formula is C39H34N4O2. The van der Waals surface area contributed by atoms with Crippen molar-refractivity contribution in [2.45, 2.75) is 32.1 Å². The Hall–Kier alpha value is -5.36. The summed E-state index contributed by atoms with van der Waals surface area (Å²) in [5.41, 5.74) is 4.97. The number of azo groups is 2. The largest absolute Gasteiger partial charge is 0.494 e. The molecule has 6 aromatic carbocycles. The summed E-state index contributed by atoms with van der Waals surface area (Å²) >= 11 is 0. The van der Waals surface area contributed by atoms with E-state index in [0.717, 1.165) is 92.6 Å². The molecular weight excluding hydrogens is 556 g/mol. The van der Waals surface area contributed by atoms with E-state index >= 15 is 0 Å². The average molecular weight is 591 g/mol. The first-order valence-electron chi connectivity index (χ1n) is 15.6. The second-order valence-electron chi connectivity index (χ2n) is 11.2. The molecule has 6 heteroatoms. The number of benzene rings is 6. The van der Waals surface area contributed by atoms with Gasteiger partial charge in [-0.3, -0.25) is 0 Å². The number of fused-ring (bicyclic) bond motifs is 2. The van der Waals surface area contributed by atoms with Gasteiger partial charge in [0.25, 0.3) is 0 Å². The lowest BCUT2D eigenvalue weighted by atomic mass is 9.91. The second kappa shape index (κ2) is 13.5. The van der Waals surface area contributed by atoms with Gasteiger partial charge in [0.05, 0.1) is 36.0 Å². The third-order valence-electron chi connectivity index (χ3n) is 8.11.